The normalized spacial score (nSPS) is 23.4. The van der Waals surface area contributed by atoms with Gasteiger partial charge in [-0.3, -0.25) is 9.78 Å². The number of halogens is 1. The minimum absolute atomic E-state index is 0.0277. The minimum Gasteiger partial charge on any atom is -0.324 e. The first-order valence-electron chi connectivity index (χ1n) is 5.01. The molecule has 0 fully saturated rings. The lowest BCUT2D eigenvalue weighted by Gasteiger charge is -2.10. The number of nitrogens with zero attached hydrogens (tertiary/aromatic N) is 1. The van der Waals surface area contributed by atoms with Crippen LogP contribution in [0.2, 0.25) is 5.02 Å². The average Bonchev–Trinajstić information content (AvgIpc) is 2.68. The summed E-state index contributed by atoms with van der Waals surface area (Å²) < 4.78 is 0. The van der Waals surface area contributed by atoms with Gasteiger partial charge >= 0.3 is 0 Å². The number of hydrogen-bond acceptors (Lipinski definition) is 3. The van der Waals surface area contributed by atoms with Crippen molar-refractivity contribution in [3.05, 3.63) is 35.6 Å². The van der Waals surface area contributed by atoms with Crippen LogP contribution in [0.3, 0.4) is 0 Å². The van der Waals surface area contributed by atoms with E-state index in [9.17, 15) is 4.79 Å². The molecule has 0 saturated heterocycles. The summed E-state index contributed by atoms with van der Waals surface area (Å²) in [6.45, 7) is 0. The van der Waals surface area contributed by atoms with Crippen LogP contribution in [0.5, 0.6) is 0 Å². The Labute approximate surface area is 98.5 Å². The molecule has 0 bridgehead atoms. The number of amides is 1. The molecule has 84 valence electrons. The van der Waals surface area contributed by atoms with Crippen LogP contribution in [0.4, 0.5) is 5.69 Å². The van der Waals surface area contributed by atoms with Crippen molar-refractivity contribution in [3.63, 3.8) is 0 Å². The molecule has 2 atom stereocenters. The number of carbonyl (C=O) groups is 1. The van der Waals surface area contributed by atoms with Crippen molar-refractivity contribution in [2.24, 2.45) is 11.7 Å². The van der Waals surface area contributed by atoms with Gasteiger partial charge in [-0.25, -0.2) is 0 Å². The summed E-state index contributed by atoms with van der Waals surface area (Å²) in [7, 11) is 0. The summed E-state index contributed by atoms with van der Waals surface area (Å²) in [5, 5.41) is 3.21. The average molecular weight is 238 g/mol. The SMILES string of the molecule is NC1C=CC(C(=O)Nc2cnccc2Cl)C1. The quantitative estimate of drug-likeness (QED) is 0.768. The zero-order valence-electron chi connectivity index (χ0n) is 8.56. The van der Waals surface area contributed by atoms with E-state index in [1.54, 1.807) is 12.3 Å². The Morgan fingerprint density at radius 1 is 1.56 bits per heavy atom. The van der Waals surface area contributed by atoms with Crippen molar-refractivity contribution in [2.75, 3.05) is 5.32 Å². The molecule has 4 nitrogen and oxygen atoms in total. The van der Waals surface area contributed by atoms with E-state index in [0.29, 0.717) is 17.1 Å². The topological polar surface area (TPSA) is 68.0 Å². The van der Waals surface area contributed by atoms with Gasteiger partial charge in [0.1, 0.15) is 0 Å². The van der Waals surface area contributed by atoms with Crippen LogP contribution in [-0.2, 0) is 4.79 Å². The molecule has 1 aliphatic rings. The lowest BCUT2D eigenvalue weighted by Crippen LogP contribution is -2.24. The predicted octanol–water partition coefficient (Wildman–Crippen LogP) is 1.58. The van der Waals surface area contributed by atoms with E-state index in [0.717, 1.165) is 0 Å². The van der Waals surface area contributed by atoms with Crippen molar-refractivity contribution in [2.45, 2.75) is 12.5 Å². The maximum atomic E-state index is 11.8. The van der Waals surface area contributed by atoms with Crippen molar-refractivity contribution in [3.8, 4) is 0 Å². The molecule has 0 spiro atoms. The van der Waals surface area contributed by atoms with Gasteiger partial charge in [0.05, 0.1) is 22.8 Å². The van der Waals surface area contributed by atoms with Crippen LogP contribution in [-0.4, -0.2) is 16.9 Å². The Bertz CT molecular complexity index is 433. The molecule has 0 aromatic carbocycles. The summed E-state index contributed by atoms with van der Waals surface area (Å²) in [4.78, 5) is 15.7. The second-order valence-corrected chi connectivity index (χ2v) is 4.14. The Kier molecular flexibility index (Phi) is 3.22. The van der Waals surface area contributed by atoms with Crippen molar-refractivity contribution in [1.29, 1.82) is 0 Å². The van der Waals surface area contributed by atoms with Crippen LogP contribution >= 0.6 is 11.6 Å². The van der Waals surface area contributed by atoms with Crippen molar-refractivity contribution in [1.82, 2.24) is 4.98 Å². The minimum atomic E-state index is -0.175. The van der Waals surface area contributed by atoms with Crippen LogP contribution in [0.25, 0.3) is 0 Å². The zero-order chi connectivity index (χ0) is 11.5. The fraction of sp³-hybridized carbons (Fsp3) is 0.273. The fourth-order valence-corrected chi connectivity index (χ4v) is 1.77. The lowest BCUT2D eigenvalue weighted by atomic mass is 10.1. The first-order chi connectivity index (χ1) is 7.66. The molecule has 1 aromatic heterocycles. The summed E-state index contributed by atoms with van der Waals surface area (Å²) >= 11 is 5.91. The largest absolute Gasteiger partial charge is 0.324 e. The van der Waals surface area contributed by atoms with Gasteiger partial charge in [-0.1, -0.05) is 23.8 Å². The summed E-state index contributed by atoms with van der Waals surface area (Å²) in [6, 6.07) is 1.60. The van der Waals surface area contributed by atoms with Gasteiger partial charge < -0.3 is 11.1 Å². The van der Waals surface area contributed by atoms with E-state index in [1.165, 1.54) is 6.20 Å². The fourth-order valence-electron chi connectivity index (χ4n) is 1.62. The second-order valence-electron chi connectivity index (χ2n) is 3.74. The summed E-state index contributed by atoms with van der Waals surface area (Å²) in [5.41, 5.74) is 6.21. The number of nitrogens with two attached hydrogens (primary N) is 1. The van der Waals surface area contributed by atoms with E-state index in [4.69, 9.17) is 17.3 Å². The smallest absolute Gasteiger partial charge is 0.231 e. The third-order valence-corrected chi connectivity index (χ3v) is 2.81. The maximum Gasteiger partial charge on any atom is 0.231 e. The highest BCUT2D eigenvalue weighted by molar-refractivity contribution is 6.33. The second kappa shape index (κ2) is 4.63. The molecule has 1 amide bonds. The van der Waals surface area contributed by atoms with Gasteiger partial charge in [-0.2, -0.15) is 0 Å². The van der Waals surface area contributed by atoms with Gasteiger partial charge in [0.2, 0.25) is 5.91 Å². The van der Waals surface area contributed by atoms with E-state index in [1.807, 2.05) is 12.2 Å². The first-order valence-corrected chi connectivity index (χ1v) is 5.39. The Hall–Kier alpha value is -1.39. The summed E-state index contributed by atoms with van der Waals surface area (Å²) in [5.74, 6) is -0.273. The molecule has 1 aromatic rings. The molecule has 2 rings (SSSR count). The molecule has 2 unspecified atom stereocenters. The highest BCUT2D eigenvalue weighted by atomic mass is 35.5. The Morgan fingerprint density at radius 3 is 3.00 bits per heavy atom. The zero-order valence-corrected chi connectivity index (χ0v) is 9.32. The van der Waals surface area contributed by atoms with Gasteiger partial charge in [0, 0.05) is 12.2 Å². The van der Waals surface area contributed by atoms with Gasteiger partial charge in [-0.15, -0.1) is 0 Å². The van der Waals surface area contributed by atoms with Gasteiger partial charge in [-0.05, 0) is 12.5 Å². The number of hydrogen-bond donors (Lipinski definition) is 2. The van der Waals surface area contributed by atoms with Crippen molar-refractivity contribution >= 4 is 23.2 Å². The van der Waals surface area contributed by atoms with Crippen LogP contribution < -0.4 is 11.1 Å². The molecule has 1 heterocycles. The third-order valence-electron chi connectivity index (χ3n) is 2.48. The predicted molar refractivity (Wildman–Crippen MR) is 63.1 cm³/mol. The molecule has 0 saturated carbocycles. The molecular formula is C11H12ClN3O. The molecular weight excluding hydrogens is 226 g/mol. The van der Waals surface area contributed by atoms with E-state index in [2.05, 4.69) is 10.3 Å². The standard InChI is InChI=1S/C11H12ClN3O/c12-9-3-4-14-6-10(9)15-11(16)7-1-2-8(13)5-7/h1-4,6-8H,5,13H2,(H,15,16). The Balaban J connectivity index is 2.03. The van der Waals surface area contributed by atoms with E-state index < -0.39 is 0 Å². The molecule has 16 heavy (non-hydrogen) atoms. The summed E-state index contributed by atoms with van der Waals surface area (Å²) in [6.07, 6.45) is 7.41. The van der Waals surface area contributed by atoms with Gasteiger partial charge in [0.15, 0.2) is 0 Å². The maximum absolute atomic E-state index is 11.8. The van der Waals surface area contributed by atoms with E-state index in [-0.39, 0.29) is 17.9 Å². The highest BCUT2D eigenvalue weighted by Gasteiger charge is 2.23. The Morgan fingerprint density at radius 2 is 2.38 bits per heavy atom. The molecule has 0 radical (unpaired) electrons. The molecule has 5 heteroatoms. The number of nitrogens with one attached hydrogen (secondary N) is 1. The van der Waals surface area contributed by atoms with E-state index >= 15 is 0 Å². The number of carbonyl (C=O) groups excluding carboxylic acids is 1. The van der Waals surface area contributed by atoms with Gasteiger partial charge in [0.25, 0.3) is 0 Å². The van der Waals surface area contributed by atoms with Crippen LogP contribution in [0.1, 0.15) is 6.42 Å². The number of aromatic nitrogens is 1. The molecule has 1 aliphatic carbocycles. The van der Waals surface area contributed by atoms with Crippen LogP contribution in [0, 0.1) is 5.92 Å². The molecule has 0 aliphatic heterocycles. The number of pyridine rings is 1. The molecule has 3 N–H and O–H groups in total. The third kappa shape index (κ3) is 2.40. The van der Waals surface area contributed by atoms with Crippen LogP contribution in [0.15, 0.2) is 30.6 Å². The number of anilines is 1. The first kappa shape index (κ1) is 11.1. The monoisotopic (exact) mass is 237 g/mol. The highest BCUT2D eigenvalue weighted by Crippen LogP contribution is 2.22. The lowest BCUT2D eigenvalue weighted by molar-refractivity contribution is -0.118. The van der Waals surface area contributed by atoms with Crippen molar-refractivity contribution < 1.29 is 4.79 Å². The number of rotatable bonds is 2.